The Bertz CT molecular complexity index is 357. The summed E-state index contributed by atoms with van der Waals surface area (Å²) in [5.74, 6) is 0.901. The number of hydrogen-bond acceptors (Lipinski definition) is 2. The van der Waals surface area contributed by atoms with Gasteiger partial charge >= 0.3 is 0 Å². The third-order valence-corrected chi connectivity index (χ3v) is 3.57. The second kappa shape index (κ2) is 6.44. The summed E-state index contributed by atoms with van der Waals surface area (Å²) in [4.78, 5) is 0. The van der Waals surface area contributed by atoms with Gasteiger partial charge in [-0.2, -0.15) is 0 Å². The van der Waals surface area contributed by atoms with E-state index in [2.05, 4.69) is 6.92 Å². The smallest absolute Gasteiger partial charge is 0.119 e. The molecule has 0 aliphatic carbocycles. The Morgan fingerprint density at radius 3 is 2.50 bits per heavy atom. The van der Waals surface area contributed by atoms with E-state index in [0.29, 0.717) is 0 Å². The molecule has 0 aromatic heterocycles. The molecule has 0 bridgehead atoms. The topological polar surface area (TPSA) is 21.8 Å². The average Bonchev–Trinajstić information content (AvgIpc) is 3.09. The molecular weight excluding hydrogens is 248 g/mol. The third kappa shape index (κ3) is 4.87. The van der Waals surface area contributed by atoms with E-state index in [1.807, 2.05) is 24.3 Å². The first-order valence-electron chi connectivity index (χ1n) is 6.70. The van der Waals surface area contributed by atoms with Gasteiger partial charge in [-0.05, 0) is 44.0 Å². The molecule has 0 amide bonds. The number of halogens is 1. The van der Waals surface area contributed by atoms with Gasteiger partial charge in [0.15, 0.2) is 0 Å². The Morgan fingerprint density at radius 1 is 1.17 bits per heavy atom. The fourth-order valence-corrected chi connectivity index (χ4v) is 2.07. The van der Waals surface area contributed by atoms with Crippen molar-refractivity contribution in [2.24, 2.45) is 0 Å². The minimum absolute atomic E-state index is 0.222. The fourth-order valence-electron chi connectivity index (χ4n) is 1.94. The normalized spacial score (nSPS) is 21.9. The Labute approximate surface area is 114 Å². The second-order valence-electron chi connectivity index (χ2n) is 5.21. The molecule has 0 spiro atoms. The van der Waals surface area contributed by atoms with E-state index in [-0.39, 0.29) is 5.60 Å². The quantitative estimate of drug-likeness (QED) is 0.513. The summed E-state index contributed by atoms with van der Waals surface area (Å²) in [7, 11) is 0. The standard InChI is InChI=1S/C15H21ClO2/c1-15(12-18-15)10-4-2-3-5-11-17-14-8-6-13(16)7-9-14/h6-9H,2-5,10-12H2,1H3. The molecule has 1 saturated heterocycles. The minimum atomic E-state index is 0.222. The van der Waals surface area contributed by atoms with Gasteiger partial charge in [0.2, 0.25) is 0 Å². The molecule has 2 nitrogen and oxygen atoms in total. The minimum Gasteiger partial charge on any atom is -0.494 e. The van der Waals surface area contributed by atoms with Crippen molar-refractivity contribution in [2.75, 3.05) is 13.2 Å². The van der Waals surface area contributed by atoms with Gasteiger partial charge in [-0.25, -0.2) is 0 Å². The monoisotopic (exact) mass is 268 g/mol. The van der Waals surface area contributed by atoms with E-state index in [1.54, 1.807) is 0 Å². The molecule has 2 rings (SSSR count). The van der Waals surface area contributed by atoms with Crippen LogP contribution in [0.1, 0.15) is 39.0 Å². The zero-order valence-corrected chi connectivity index (χ0v) is 11.7. The zero-order valence-electron chi connectivity index (χ0n) is 11.0. The highest BCUT2D eigenvalue weighted by Crippen LogP contribution is 2.31. The van der Waals surface area contributed by atoms with E-state index in [1.165, 1.54) is 25.7 Å². The van der Waals surface area contributed by atoms with Crippen molar-refractivity contribution in [1.29, 1.82) is 0 Å². The molecule has 0 N–H and O–H groups in total. The van der Waals surface area contributed by atoms with Crippen molar-refractivity contribution in [3.63, 3.8) is 0 Å². The summed E-state index contributed by atoms with van der Waals surface area (Å²) in [5, 5.41) is 0.748. The first-order valence-corrected chi connectivity index (χ1v) is 7.08. The van der Waals surface area contributed by atoms with E-state index in [4.69, 9.17) is 21.1 Å². The Balaban J connectivity index is 1.47. The van der Waals surface area contributed by atoms with Gasteiger partial charge in [-0.3, -0.25) is 0 Å². The van der Waals surface area contributed by atoms with Gasteiger partial charge in [-0.1, -0.05) is 30.9 Å². The van der Waals surface area contributed by atoms with E-state index in [9.17, 15) is 0 Å². The maximum atomic E-state index is 5.81. The molecule has 1 aliphatic rings. The van der Waals surface area contributed by atoms with E-state index >= 15 is 0 Å². The summed E-state index contributed by atoms with van der Waals surface area (Å²) in [6.45, 7) is 3.93. The highest BCUT2D eigenvalue weighted by Gasteiger charge is 2.37. The molecule has 1 atom stereocenters. The van der Waals surface area contributed by atoms with E-state index in [0.717, 1.165) is 30.4 Å². The molecular formula is C15H21ClO2. The Kier molecular flexibility index (Phi) is 4.90. The summed E-state index contributed by atoms with van der Waals surface area (Å²) in [6, 6.07) is 7.53. The molecule has 1 heterocycles. The molecule has 0 radical (unpaired) electrons. The molecule has 3 heteroatoms. The number of rotatable bonds is 8. The van der Waals surface area contributed by atoms with Crippen LogP contribution in [0.3, 0.4) is 0 Å². The van der Waals surface area contributed by atoms with Crippen LogP contribution in [0.5, 0.6) is 5.75 Å². The summed E-state index contributed by atoms with van der Waals surface area (Å²) in [5.41, 5.74) is 0.222. The number of benzene rings is 1. The first kappa shape index (κ1) is 13.7. The van der Waals surface area contributed by atoms with Crippen molar-refractivity contribution in [1.82, 2.24) is 0 Å². The molecule has 0 saturated carbocycles. The van der Waals surface area contributed by atoms with Gasteiger partial charge in [0.05, 0.1) is 18.8 Å². The Morgan fingerprint density at radius 2 is 1.83 bits per heavy atom. The van der Waals surface area contributed by atoms with Crippen LogP contribution in [0.15, 0.2) is 24.3 Å². The van der Waals surface area contributed by atoms with Gasteiger partial charge in [0, 0.05) is 5.02 Å². The van der Waals surface area contributed by atoms with Gasteiger partial charge < -0.3 is 9.47 Å². The summed E-state index contributed by atoms with van der Waals surface area (Å²) in [6.07, 6.45) is 6.06. The van der Waals surface area contributed by atoms with Crippen LogP contribution >= 0.6 is 11.6 Å². The molecule has 100 valence electrons. The maximum Gasteiger partial charge on any atom is 0.119 e. The van der Waals surface area contributed by atoms with Crippen LogP contribution in [-0.4, -0.2) is 18.8 Å². The zero-order chi connectivity index (χ0) is 12.8. The Hall–Kier alpha value is -0.730. The van der Waals surface area contributed by atoms with Gasteiger partial charge in [0.25, 0.3) is 0 Å². The van der Waals surface area contributed by atoms with Crippen LogP contribution in [0.2, 0.25) is 5.02 Å². The highest BCUT2D eigenvalue weighted by molar-refractivity contribution is 6.30. The molecule has 1 aromatic rings. The van der Waals surface area contributed by atoms with Crippen LogP contribution in [0.4, 0.5) is 0 Å². The molecule has 1 fully saturated rings. The fraction of sp³-hybridized carbons (Fsp3) is 0.600. The number of unbranched alkanes of at least 4 members (excludes halogenated alkanes) is 3. The van der Waals surface area contributed by atoms with Crippen LogP contribution in [0, 0.1) is 0 Å². The molecule has 1 aliphatic heterocycles. The van der Waals surface area contributed by atoms with Crippen molar-refractivity contribution in [3.8, 4) is 5.75 Å². The summed E-state index contributed by atoms with van der Waals surface area (Å²) >= 11 is 5.81. The van der Waals surface area contributed by atoms with Crippen molar-refractivity contribution in [3.05, 3.63) is 29.3 Å². The first-order chi connectivity index (χ1) is 8.68. The predicted octanol–water partition coefficient (Wildman–Crippen LogP) is 4.46. The largest absolute Gasteiger partial charge is 0.494 e. The number of ether oxygens (including phenoxy) is 2. The van der Waals surface area contributed by atoms with Crippen molar-refractivity contribution in [2.45, 2.75) is 44.6 Å². The van der Waals surface area contributed by atoms with Gasteiger partial charge in [0.1, 0.15) is 5.75 Å². The SMILES string of the molecule is CC1(CCCCCCOc2ccc(Cl)cc2)CO1. The highest BCUT2D eigenvalue weighted by atomic mass is 35.5. The lowest BCUT2D eigenvalue weighted by molar-refractivity contribution is 0.291. The third-order valence-electron chi connectivity index (χ3n) is 3.32. The predicted molar refractivity (Wildman–Crippen MR) is 74.4 cm³/mol. The van der Waals surface area contributed by atoms with Crippen LogP contribution < -0.4 is 4.74 Å². The number of epoxide rings is 1. The van der Waals surface area contributed by atoms with Gasteiger partial charge in [-0.15, -0.1) is 0 Å². The summed E-state index contributed by atoms with van der Waals surface area (Å²) < 4.78 is 11.0. The second-order valence-corrected chi connectivity index (χ2v) is 5.64. The molecule has 18 heavy (non-hydrogen) atoms. The lowest BCUT2D eigenvalue weighted by Gasteiger charge is -2.07. The van der Waals surface area contributed by atoms with Crippen LogP contribution in [0.25, 0.3) is 0 Å². The van der Waals surface area contributed by atoms with Crippen molar-refractivity contribution < 1.29 is 9.47 Å². The lowest BCUT2D eigenvalue weighted by Crippen LogP contribution is -2.03. The number of hydrogen-bond donors (Lipinski definition) is 0. The van der Waals surface area contributed by atoms with Crippen molar-refractivity contribution >= 4 is 11.6 Å². The van der Waals surface area contributed by atoms with E-state index < -0.39 is 0 Å². The average molecular weight is 269 g/mol. The maximum absolute atomic E-state index is 5.81. The van der Waals surface area contributed by atoms with Crippen LogP contribution in [-0.2, 0) is 4.74 Å². The molecule has 1 aromatic carbocycles. The lowest BCUT2D eigenvalue weighted by atomic mass is 10.0. The molecule has 1 unspecified atom stereocenters.